The average molecular weight is 735 g/mol. The standard InChI is InChI=1S/C39H46N2O12/c1-37(2,19-48-33(42)27(17-40)13-25-9-11-29(44-5)31(15-25)46-7)35-50-21-39(22-51-35)23-52-36(53-24-39)38(3,4)20-49-34(43)28(18-41)14-26-10-12-30(45-6)32(16-26)47-8/h9-16,35-36H,19-24H2,1-8H3/b27-13+,28-14+. The van der Waals surface area contributed by atoms with E-state index in [9.17, 15) is 20.1 Å². The molecule has 2 aliphatic rings. The van der Waals surface area contributed by atoms with Gasteiger partial charge in [-0.05, 0) is 47.5 Å². The average Bonchev–Trinajstić information content (AvgIpc) is 3.17. The molecule has 2 aromatic rings. The van der Waals surface area contributed by atoms with E-state index in [4.69, 9.17) is 47.4 Å². The highest BCUT2D eigenvalue weighted by atomic mass is 16.7. The van der Waals surface area contributed by atoms with Gasteiger partial charge in [-0.3, -0.25) is 0 Å². The Bertz CT molecular complexity index is 1640. The fraction of sp³-hybridized carbons (Fsp3) is 0.487. The number of hydrogen-bond donors (Lipinski definition) is 0. The van der Waals surface area contributed by atoms with E-state index in [1.807, 2.05) is 39.8 Å². The third-order valence-corrected chi connectivity index (χ3v) is 8.71. The Kier molecular flexibility index (Phi) is 13.5. The summed E-state index contributed by atoms with van der Waals surface area (Å²) in [7, 11) is 6.02. The van der Waals surface area contributed by atoms with E-state index in [0.717, 1.165) is 0 Å². The van der Waals surface area contributed by atoms with E-state index in [1.54, 1.807) is 36.4 Å². The number of ether oxygens (including phenoxy) is 10. The van der Waals surface area contributed by atoms with E-state index in [0.29, 0.717) is 34.1 Å². The molecular weight excluding hydrogens is 688 g/mol. The third-order valence-electron chi connectivity index (χ3n) is 8.71. The SMILES string of the molecule is COc1ccc(/C=C(\C#N)C(=O)OCC(C)(C)C2OCC3(CO2)COC(C(C)(C)COC(=O)/C(C#N)=C/c2ccc(OC)c(OC)c2)OC3)cc1OC. The number of nitrogens with zero attached hydrogens (tertiary/aromatic N) is 2. The molecule has 2 fully saturated rings. The summed E-state index contributed by atoms with van der Waals surface area (Å²) in [4.78, 5) is 25.7. The Balaban J connectivity index is 1.26. The van der Waals surface area contributed by atoms with Crippen molar-refractivity contribution in [2.45, 2.75) is 40.3 Å². The van der Waals surface area contributed by atoms with E-state index >= 15 is 0 Å². The Morgan fingerprint density at radius 1 is 0.660 bits per heavy atom. The number of carbonyl (C=O) groups excluding carboxylic acids is 2. The largest absolute Gasteiger partial charge is 0.493 e. The molecule has 0 amide bonds. The van der Waals surface area contributed by atoms with Gasteiger partial charge in [-0.1, -0.05) is 39.8 Å². The van der Waals surface area contributed by atoms with Gasteiger partial charge >= 0.3 is 11.9 Å². The second kappa shape index (κ2) is 17.6. The molecule has 2 saturated heterocycles. The van der Waals surface area contributed by atoms with E-state index in [1.165, 1.54) is 40.6 Å². The van der Waals surface area contributed by atoms with Crippen LogP contribution in [0.25, 0.3) is 12.2 Å². The van der Waals surface area contributed by atoms with Crippen LogP contribution in [0.15, 0.2) is 47.5 Å². The van der Waals surface area contributed by atoms with Gasteiger partial charge < -0.3 is 47.4 Å². The first-order valence-electron chi connectivity index (χ1n) is 16.7. The number of carbonyl (C=O) groups is 2. The normalized spacial score (nSPS) is 20.8. The molecule has 1 spiro atoms. The van der Waals surface area contributed by atoms with Crippen LogP contribution in [-0.4, -0.2) is 92.6 Å². The predicted octanol–water partition coefficient (Wildman–Crippen LogP) is 5.11. The lowest BCUT2D eigenvalue weighted by atomic mass is 9.86. The third kappa shape index (κ3) is 10.1. The molecule has 0 aromatic heterocycles. The lowest BCUT2D eigenvalue weighted by Crippen LogP contribution is -2.57. The molecule has 284 valence electrons. The molecular formula is C39H46N2O12. The van der Waals surface area contributed by atoms with Crippen molar-refractivity contribution < 1.29 is 57.0 Å². The Labute approximate surface area is 309 Å². The van der Waals surface area contributed by atoms with Gasteiger partial charge in [0.1, 0.15) is 36.5 Å². The van der Waals surface area contributed by atoms with E-state index in [-0.39, 0.29) is 50.8 Å². The fourth-order valence-electron chi connectivity index (χ4n) is 5.55. The first-order valence-corrected chi connectivity index (χ1v) is 16.7. The first kappa shape index (κ1) is 40.6. The summed E-state index contributed by atoms with van der Waals surface area (Å²) < 4.78 is 56.6. The highest BCUT2D eigenvalue weighted by Gasteiger charge is 2.48. The number of rotatable bonds is 14. The minimum Gasteiger partial charge on any atom is -0.493 e. The zero-order valence-corrected chi connectivity index (χ0v) is 31.3. The van der Waals surface area contributed by atoms with Crippen molar-refractivity contribution in [2.75, 3.05) is 68.1 Å². The lowest BCUT2D eigenvalue weighted by molar-refractivity contribution is -0.337. The minimum absolute atomic E-state index is 0.0760. The highest BCUT2D eigenvalue weighted by Crippen LogP contribution is 2.39. The molecule has 2 aliphatic heterocycles. The van der Waals surface area contributed by atoms with Crippen LogP contribution in [0.4, 0.5) is 0 Å². The van der Waals surface area contributed by atoms with E-state index < -0.39 is 40.8 Å². The first-order chi connectivity index (χ1) is 25.2. The summed E-state index contributed by atoms with van der Waals surface area (Å²) in [6.45, 7) is 8.21. The quantitative estimate of drug-likeness (QED) is 0.142. The Morgan fingerprint density at radius 2 is 1.00 bits per heavy atom. The van der Waals surface area contributed by atoms with Gasteiger partial charge in [-0.2, -0.15) is 10.5 Å². The van der Waals surface area contributed by atoms with Crippen LogP contribution in [0, 0.1) is 38.9 Å². The van der Waals surface area contributed by atoms with Gasteiger partial charge in [-0.25, -0.2) is 9.59 Å². The van der Waals surface area contributed by atoms with Gasteiger partial charge in [0.2, 0.25) is 0 Å². The van der Waals surface area contributed by atoms with Crippen LogP contribution in [-0.2, 0) is 38.0 Å². The number of esters is 2. The van der Waals surface area contributed by atoms with Crippen molar-refractivity contribution in [1.29, 1.82) is 10.5 Å². The highest BCUT2D eigenvalue weighted by molar-refractivity contribution is 5.98. The summed E-state index contributed by atoms with van der Waals surface area (Å²) in [6.07, 6.45) is 1.41. The molecule has 53 heavy (non-hydrogen) atoms. The molecule has 2 aromatic carbocycles. The molecule has 14 nitrogen and oxygen atoms in total. The Morgan fingerprint density at radius 3 is 1.30 bits per heavy atom. The van der Waals surface area contributed by atoms with Crippen LogP contribution in [0.5, 0.6) is 23.0 Å². The maximum absolute atomic E-state index is 12.9. The summed E-state index contributed by atoms with van der Waals surface area (Å²) in [6, 6.07) is 13.8. The monoisotopic (exact) mass is 734 g/mol. The maximum Gasteiger partial charge on any atom is 0.348 e. The van der Waals surface area contributed by atoms with Gasteiger partial charge in [0, 0.05) is 10.8 Å². The molecule has 0 aliphatic carbocycles. The van der Waals surface area contributed by atoms with Crippen molar-refractivity contribution in [1.82, 2.24) is 0 Å². The van der Waals surface area contributed by atoms with Gasteiger partial charge in [0.05, 0.1) is 60.3 Å². The number of methoxy groups -OCH3 is 4. The van der Waals surface area contributed by atoms with Gasteiger partial charge in [0.15, 0.2) is 35.6 Å². The summed E-state index contributed by atoms with van der Waals surface area (Å²) >= 11 is 0. The maximum atomic E-state index is 12.9. The molecule has 0 radical (unpaired) electrons. The van der Waals surface area contributed by atoms with Crippen LogP contribution in [0.3, 0.4) is 0 Å². The van der Waals surface area contributed by atoms with Crippen LogP contribution < -0.4 is 18.9 Å². The van der Waals surface area contributed by atoms with Crippen LogP contribution in [0.1, 0.15) is 38.8 Å². The molecule has 0 bridgehead atoms. The van der Waals surface area contributed by atoms with Crippen molar-refractivity contribution >= 4 is 24.1 Å². The Hall–Kier alpha value is -5.12. The minimum atomic E-state index is -0.783. The van der Waals surface area contributed by atoms with Crippen LogP contribution in [0.2, 0.25) is 0 Å². The number of nitriles is 2. The molecule has 0 N–H and O–H groups in total. The second-order valence-electron chi connectivity index (χ2n) is 14.1. The summed E-state index contributed by atoms with van der Waals surface area (Å²) in [5.74, 6) is 0.381. The van der Waals surface area contributed by atoms with Crippen LogP contribution >= 0.6 is 0 Å². The van der Waals surface area contributed by atoms with Crippen molar-refractivity contribution in [2.24, 2.45) is 16.2 Å². The molecule has 2 heterocycles. The zero-order valence-electron chi connectivity index (χ0n) is 31.3. The molecule has 0 atom stereocenters. The number of hydrogen-bond acceptors (Lipinski definition) is 14. The summed E-state index contributed by atoms with van der Waals surface area (Å²) in [5, 5.41) is 19.3. The van der Waals surface area contributed by atoms with Crippen molar-refractivity contribution in [3.8, 4) is 35.1 Å². The van der Waals surface area contributed by atoms with Gasteiger partial charge in [-0.15, -0.1) is 0 Å². The second-order valence-corrected chi connectivity index (χ2v) is 14.1. The molecule has 0 saturated carbocycles. The molecule has 4 rings (SSSR count). The van der Waals surface area contributed by atoms with Crippen molar-refractivity contribution in [3.05, 3.63) is 58.7 Å². The van der Waals surface area contributed by atoms with Gasteiger partial charge in [0.25, 0.3) is 0 Å². The number of benzene rings is 2. The van der Waals surface area contributed by atoms with Crippen molar-refractivity contribution in [3.63, 3.8) is 0 Å². The lowest BCUT2D eigenvalue weighted by Gasteiger charge is -2.48. The molecule has 14 heteroatoms. The predicted molar refractivity (Wildman–Crippen MR) is 190 cm³/mol. The zero-order chi connectivity index (χ0) is 38.8. The smallest absolute Gasteiger partial charge is 0.348 e. The summed E-state index contributed by atoms with van der Waals surface area (Å²) in [5.41, 5.74) is -1.34. The molecule has 0 unspecified atom stereocenters. The van der Waals surface area contributed by atoms with E-state index in [2.05, 4.69) is 0 Å². The fourth-order valence-corrected chi connectivity index (χ4v) is 5.55. The topological polar surface area (TPSA) is 174 Å².